The summed E-state index contributed by atoms with van der Waals surface area (Å²) in [4.78, 5) is 4.41. The average molecular weight is 289 g/mol. The summed E-state index contributed by atoms with van der Waals surface area (Å²) in [5.74, 6) is 2.63. The minimum atomic E-state index is 0.322. The summed E-state index contributed by atoms with van der Waals surface area (Å²) in [5, 5.41) is 7.16. The van der Waals surface area contributed by atoms with Crippen molar-refractivity contribution in [2.45, 2.75) is 33.2 Å². The van der Waals surface area contributed by atoms with Gasteiger partial charge in [-0.25, -0.2) is 0 Å². The van der Waals surface area contributed by atoms with Crippen molar-refractivity contribution < 1.29 is 9.26 Å². The van der Waals surface area contributed by atoms with E-state index in [1.807, 2.05) is 31.3 Å². The normalized spacial score (nSPS) is 12.6. The number of hydrogen-bond donors (Lipinski definition) is 1. The summed E-state index contributed by atoms with van der Waals surface area (Å²) in [5.41, 5.74) is 0.905. The Balaban J connectivity index is 2.01. The number of rotatable bonds is 7. The second-order valence-electron chi connectivity index (χ2n) is 5.64. The molecule has 5 heteroatoms. The molecule has 0 spiro atoms. The van der Waals surface area contributed by atoms with Gasteiger partial charge in [0, 0.05) is 18.0 Å². The molecule has 0 saturated heterocycles. The molecule has 0 amide bonds. The zero-order valence-corrected chi connectivity index (χ0v) is 13.1. The van der Waals surface area contributed by atoms with E-state index in [-0.39, 0.29) is 0 Å². The first-order chi connectivity index (χ1) is 10.1. The molecule has 0 aliphatic rings. The molecule has 1 heterocycles. The smallest absolute Gasteiger partial charge is 0.257 e. The number of nitrogens with one attached hydrogen (secondary N) is 1. The van der Waals surface area contributed by atoms with Gasteiger partial charge in [0.25, 0.3) is 5.89 Å². The van der Waals surface area contributed by atoms with Crippen molar-refractivity contribution in [3.05, 3.63) is 30.1 Å². The Morgan fingerprint density at radius 2 is 1.90 bits per heavy atom. The Labute approximate surface area is 125 Å². The fourth-order valence-corrected chi connectivity index (χ4v) is 1.79. The van der Waals surface area contributed by atoms with Crippen molar-refractivity contribution in [1.82, 2.24) is 15.5 Å². The van der Waals surface area contributed by atoms with E-state index in [0.717, 1.165) is 17.7 Å². The molecule has 1 atom stereocenters. The number of hydrogen-bond acceptors (Lipinski definition) is 5. The quantitative estimate of drug-likeness (QED) is 0.849. The lowest BCUT2D eigenvalue weighted by Gasteiger charge is -2.08. The zero-order valence-electron chi connectivity index (χ0n) is 13.1. The third-order valence-corrected chi connectivity index (χ3v) is 3.13. The maximum Gasteiger partial charge on any atom is 0.257 e. The van der Waals surface area contributed by atoms with Crippen LogP contribution >= 0.6 is 0 Å². The van der Waals surface area contributed by atoms with Gasteiger partial charge in [0.2, 0.25) is 0 Å². The van der Waals surface area contributed by atoms with E-state index in [4.69, 9.17) is 9.26 Å². The largest absolute Gasteiger partial charge is 0.493 e. The van der Waals surface area contributed by atoms with Crippen LogP contribution in [0.4, 0.5) is 0 Å². The molecule has 114 valence electrons. The van der Waals surface area contributed by atoms with Gasteiger partial charge >= 0.3 is 0 Å². The van der Waals surface area contributed by atoms with Crippen LogP contribution in [0.25, 0.3) is 11.5 Å². The van der Waals surface area contributed by atoms with E-state index in [0.29, 0.717) is 30.3 Å². The predicted molar refractivity (Wildman–Crippen MR) is 82.3 cm³/mol. The highest BCUT2D eigenvalue weighted by atomic mass is 16.5. The lowest BCUT2D eigenvalue weighted by molar-refractivity contribution is 0.271. The molecule has 1 aromatic carbocycles. The highest BCUT2D eigenvalue weighted by Gasteiger charge is 2.11. The van der Waals surface area contributed by atoms with Gasteiger partial charge in [-0.2, -0.15) is 4.98 Å². The Morgan fingerprint density at radius 3 is 2.52 bits per heavy atom. The van der Waals surface area contributed by atoms with Crippen LogP contribution in [0.3, 0.4) is 0 Å². The van der Waals surface area contributed by atoms with E-state index in [9.17, 15) is 0 Å². The van der Waals surface area contributed by atoms with Crippen LogP contribution in [0.1, 0.15) is 26.6 Å². The van der Waals surface area contributed by atoms with E-state index >= 15 is 0 Å². The fraction of sp³-hybridized carbons (Fsp3) is 0.500. The lowest BCUT2D eigenvalue weighted by Crippen LogP contribution is -2.24. The maximum absolute atomic E-state index is 5.66. The Bertz CT molecular complexity index is 549. The molecule has 0 aliphatic heterocycles. The van der Waals surface area contributed by atoms with Gasteiger partial charge in [-0.15, -0.1) is 0 Å². The van der Waals surface area contributed by atoms with Crippen LogP contribution < -0.4 is 10.1 Å². The SMILES string of the molecule is CNC(C)Cc1noc(-c2ccc(OCC(C)C)cc2)n1. The zero-order chi connectivity index (χ0) is 15.2. The third kappa shape index (κ3) is 4.56. The molecule has 1 unspecified atom stereocenters. The van der Waals surface area contributed by atoms with Crippen molar-refractivity contribution >= 4 is 0 Å². The highest BCUT2D eigenvalue weighted by molar-refractivity contribution is 5.54. The minimum absolute atomic E-state index is 0.322. The molecule has 5 nitrogen and oxygen atoms in total. The Hall–Kier alpha value is -1.88. The second-order valence-corrected chi connectivity index (χ2v) is 5.64. The summed E-state index contributed by atoms with van der Waals surface area (Å²) in [6.45, 7) is 7.05. The first-order valence-corrected chi connectivity index (χ1v) is 7.31. The van der Waals surface area contributed by atoms with E-state index in [2.05, 4.69) is 36.2 Å². The standard InChI is InChI=1S/C16H23N3O2/c1-11(2)10-20-14-7-5-13(6-8-14)16-18-15(19-21-16)9-12(3)17-4/h5-8,11-12,17H,9-10H2,1-4H3. The number of ether oxygens (including phenoxy) is 1. The van der Waals surface area contributed by atoms with Gasteiger partial charge in [0.1, 0.15) is 5.75 Å². The molecule has 0 aliphatic carbocycles. The first-order valence-electron chi connectivity index (χ1n) is 7.31. The van der Waals surface area contributed by atoms with Crippen LogP contribution in [-0.4, -0.2) is 29.8 Å². The summed E-state index contributed by atoms with van der Waals surface area (Å²) in [6.07, 6.45) is 0.746. The van der Waals surface area contributed by atoms with Crippen molar-refractivity contribution in [3.8, 4) is 17.2 Å². The van der Waals surface area contributed by atoms with Crippen LogP contribution in [0.5, 0.6) is 5.75 Å². The van der Waals surface area contributed by atoms with Crippen LogP contribution in [0.2, 0.25) is 0 Å². The van der Waals surface area contributed by atoms with Gasteiger partial charge in [0.05, 0.1) is 6.61 Å². The van der Waals surface area contributed by atoms with Crippen molar-refractivity contribution in [2.75, 3.05) is 13.7 Å². The number of aromatic nitrogens is 2. The van der Waals surface area contributed by atoms with Crippen molar-refractivity contribution in [2.24, 2.45) is 5.92 Å². The summed E-state index contributed by atoms with van der Waals surface area (Å²) < 4.78 is 11.0. The topological polar surface area (TPSA) is 60.2 Å². The molecule has 21 heavy (non-hydrogen) atoms. The van der Waals surface area contributed by atoms with Gasteiger partial charge < -0.3 is 14.6 Å². The van der Waals surface area contributed by atoms with Crippen LogP contribution in [0, 0.1) is 5.92 Å². The number of likely N-dealkylation sites (N-methyl/N-ethyl adjacent to an activating group) is 1. The Morgan fingerprint density at radius 1 is 1.19 bits per heavy atom. The van der Waals surface area contributed by atoms with Crippen molar-refractivity contribution in [1.29, 1.82) is 0 Å². The molecule has 0 bridgehead atoms. The highest BCUT2D eigenvalue weighted by Crippen LogP contribution is 2.21. The monoisotopic (exact) mass is 289 g/mol. The fourth-order valence-electron chi connectivity index (χ4n) is 1.79. The summed E-state index contributed by atoms with van der Waals surface area (Å²) in [6, 6.07) is 8.06. The molecule has 0 saturated carbocycles. The molecule has 2 rings (SSSR count). The molecule has 1 aromatic heterocycles. The number of nitrogens with zero attached hydrogens (tertiary/aromatic N) is 2. The number of benzene rings is 1. The first kappa shape index (κ1) is 15.5. The molecule has 2 aromatic rings. The van der Waals surface area contributed by atoms with Gasteiger partial charge in [-0.1, -0.05) is 19.0 Å². The van der Waals surface area contributed by atoms with Crippen molar-refractivity contribution in [3.63, 3.8) is 0 Å². The molecular weight excluding hydrogens is 266 g/mol. The average Bonchev–Trinajstić information content (AvgIpc) is 2.94. The maximum atomic E-state index is 5.66. The predicted octanol–water partition coefficient (Wildman–Crippen LogP) is 2.92. The Kier molecular flexibility index (Phi) is 5.33. The molecular formula is C16H23N3O2. The molecule has 1 N–H and O–H groups in total. The third-order valence-electron chi connectivity index (χ3n) is 3.13. The summed E-state index contributed by atoms with van der Waals surface area (Å²) in [7, 11) is 1.92. The molecule has 0 radical (unpaired) electrons. The van der Waals surface area contributed by atoms with E-state index in [1.165, 1.54) is 0 Å². The van der Waals surface area contributed by atoms with Crippen LogP contribution in [0.15, 0.2) is 28.8 Å². The molecule has 0 fully saturated rings. The second kappa shape index (κ2) is 7.22. The van der Waals surface area contributed by atoms with E-state index in [1.54, 1.807) is 0 Å². The lowest BCUT2D eigenvalue weighted by atomic mass is 10.2. The van der Waals surface area contributed by atoms with Gasteiger partial charge in [-0.05, 0) is 44.2 Å². The summed E-state index contributed by atoms with van der Waals surface area (Å²) >= 11 is 0. The van der Waals surface area contributed by atoms with Gasteiger partial charge in [-0.3, -0.25) is 0 Å². The van der Waals surface area contributed by atoms with Crippen LogP contribution in [-0.2, 0) is 6.42 Å². The van der Waals surface area contributed by atoms with Gasteiger partial charge in [0.15, 0.2) is 5.82 Å². The minimum Gasteiger partial charge on any atom is -0.493 e. The van der Waals surface area contributed by atoms with E-state index < -0.39 is 0 Å².